The Kier molecular flexibility index (Phi) is 3.90. The van der Waals surface area contributed by atoms with Crippen molar-refractivity contribution in [2.75, 3.05) is 0 Å². The summed E-state index contributed by atoms with van der Waals surface area (Å²) in [5.41, 5.74) is 7.71. The number of hydrogen-bond donors (Lipinski definition) is 1. The minimum absolute atomic E-state index is 0.385. The van der Waals surface area contributed by atoms with Gasteiger partial charge in [0.25, 0.3) is 0 Å². The van der Waals surface area contributed by atoms with Gasteiger partial charge in [0.1, 0.15) is 5.75 Å². The van der Waals surface area contributed by atoms with Gasteiger partial charge < -0.3 is 10.5 Å². The van der Waals surface area contributed by atoms with Gasteiger partial charge in [-0.3, -0.25) is 0 Å². The third kappa shape index (κ3) is 2.91. The van der Waals surface area contributed by atoms with Crippen molar-refractivity contribution in [3.63, 3.8) is 0 Å². The second-order valence-electron chi connectivity index (χ2n) is 4.88. The highest BCUT2D eigenvalue weighted by atomic mass is 79.9. The molecule has 1 aromatic heterocycles. The summed E-state index contributed by atoms with van der Waals surface area (Å²) in [4.78, 5) is 4.51. The average molecular weight is 343 g/mol. The second kappa shape index (κ2) is 5.84. The van der Waals surface area contributed by atoms with Crippen LogP contribution in [0.3, 0.4) is 0 Å². The van der Waals surface area contributed by atoms with Crippen LogP contribution >= 0.6 is 15.9 Å². The Hall–Kier alpha value is -1.91. The van der Waals surface area contributed by atoms with Gasteiger partial charge in [-0.25, -0.2) is 4.98 Å². The van der Waals surface area contributed by atoms with Gasteiger partial charge in [0, 0.05) is 11.9 Å². The number of rotatable bonds is 3. The third-order valence-electron chi connectivity index (χ3n) is 3.26. The average Bonchev–Trinajstić information content (AvgIpc) is 2.49. The van der Waals surface area contributed by atoms with E-state index >= 15 is 0 Å². The lowest BCUT2D eigenvalue weighted by atomic mass is 10.1. The smallest absolute Gasteiger partial charge is 0.227 e. The van der Waals surface area contributed by atoms with E-state index in [0.717, 1.165) is 26.7 Å². The molecule has 4 heteroatoms. The molecule has 1 heterocycles. The number of benzene rings is 2. The lowest BCUT2D eigenvalue weighted by Crippen LogP contribution is -2.01. The Morgan fingerprint density at radius 3 is 2.71 bits per heavy atom. The fourth-order valence-corrected chi connectivity index (χ4v) is 2.77. The normalized spacial score (nSPS) is 10.8. The Morgan fingerprint density at radius 2 is 1.95 bits per heavy atom. The van der Waals surface area contributed by atoms with Crippen molar-refractivity contribution in [2.24, 2.45) is 5.73 Å². The molecule has 0 aliphatic carbocycles. The molecule has 0 fully saturated rings. The molecule has 0 aliphatic heterocycles. The molecule has 0 unspecified atom stereocenters. The summed E-state index contributed by atoms with van der Waals surface area (Å²) < 4.78 is 6.92. The van der Waals surface area contributed by atoms with Crippen molar-refractivity contribution in [3.8, 4) is 11.6 Å². The maximum Gasteiger partial charge on any atom is 0.227 e. The number of pyridine rings is 1. The molecule has 0 radical (unpaired) electrons. The number of hydrogen-bond acceptors (Lipinski definition) is 3. The number of nitrogens with zero attached hydrogens (tertiary/aromatic N) is 1. The first-order valence-corrected chi connectivity index (χ1v) is 7.49. The number of halogens is 1. The molecule has 3 nitrogen and oxygen atoms in total. The summed E-state index contributed by atoms with van der Waals surface area (Å²) in [6.07, 6.45) is 0. The van der Waals surface area contributed by atoms with E-state index in [1.54, 1.807) is 0 Å². The van der Waals surface area contributed by atoms with Crippen LogP contribution in [0.4, 0.5) is 0 Å². The molecule has 0 saturated heterocycles. The molecule has 0 aliphatic rings. The number of ether oxygens (including phenoxy) is 1. The van der Waals surface area contributed by atoms with E-state index in [0.29, 0.717) is 12.4 Å². The van der Waals surface area contributed by atoms with Crippen molar-refractivity contribution in [1.82, 2.24) is 4.98 Å². The highest BCUT2D eigenvalue weighted by molar-refractivity contribution is 9.10. The van der Waals surface area contributed by atoms with Crippen molar-refractivity contribution < 1.29 is 4.74 Å². The zero-order valence-corrected chi connectivity index (χ0v) is 13.2. The summed E-state index contributed by atoms with van der Waals surface area (Å²) in [5, 5.41) is 2.05. The first-order valence-electron chi connectivity index (χ1n) is 6.70. The van der Waals surface area contributed by atoms with Crippen LogP contribution in [0.5, 0.6) is 11.6 Å². The number of fused-ring (bicyclic) bond motifs is 1. The highest BCUT2D eigenvalue weighted by Crippen LogP contribution is 2.33. The first-order chi connectivity index (χ1) is 10.2. The van der Waals surface area contributed by atoms with Crippen molar-refractivity contribution in [2.45, 2.75) is 13.5 Å². The topological polar surface area (TPSA) is 48.1 Å². The minimum Gasteiger partial charge on any atom is -0.437 e. The van der Waals surface area contributed by atoms with E-state index in [1.807, 2.05) is 55.5 Å². The molecule has 0 spiro atoms. The summed E-state index contributed by atoms with van der Waals surface area (Å²) in [6.45, 7) is 2.42. The van der Waals surface area contributed by atoms with Gasteiger partial charge >= 0.3 is 0 Å². The fraction of sp³-hybridized carbons (Fsp3) is 0.118. The van der Waals surface area contributed by atoms with Gasteiger partial charge in [-0.1, -0.05) is 24.3 Å². The molecule has 0 atom stereocenters. The van der Waals surface area contributed by atoms with E-state index in [9.17, 15) is 0 Å². The van der Waals surface area contributed by atoms with Gasteiger partial charge in [-0.2, -0.15) is 0 Å². The summed E-state index contributed by atoms with van der Waals surface area (Å²) >= 11 is 3.53. The van der Waals surface area contributed by atoms with E-state index < -0.39 is 0 Å². The van der Waals surface area contributed by atoms with Gasteiger partial charge in [0.15, 0.2) is 0 Å². The zero-order chi connectivity index (χ0) is 14.8. The van der Waals surface area contributed by atoms with E-state index in [4.69, 9.17) is 10.5 Å². The van der Waals surface area contributed by atoms with E-state index in [2.05, 4.69) is 20.9 Å². The zero-order valence-electron chi connectivity index (χ0n) is 11.6. The van der Waals surface area contributed by atoms with Gasteiger partial charge in [-0.05, 0) is 58.1 Å². The molecule has 2 N–H and O–H groups in total. The van der Waals surface area contributed by atoms with Crippen LogP contribution in [0.1, 0.15) is 11.3 Å². The van der Waals surface area contributed by atoms with E-state index in [1.165, 1.54) is 5.56 Å². The molecular formula is C17H15BrN2O. The van der Waals surface area contributed by atoms with Crippen LogP contribution in [0, 0.1) is 6.92 Å². The summed E-state index contributed by atoms with van der Waals surface area (Å²) in [6, 6.07) is 16.0. The molecule has 3 aromatic rings. The molecular weight excluding hydrogens is 328 g/mol. The van der Waals surface area contributed by atoms with Crippen LogP contribution in [0.2, 0.25) is 0 Å². The summed E-state index contributed by atoms with van der Waals surface area (Å²) in [5.74, 6) is 1.32. The number of aromatic nitrogens is 1. The lowest BCUT2D eigenvalue weighted by Gasteiger charge is -2.11. The van der Waals surface area contributed by atoms with E-state index in [-0.39, 0.29) is 0 Å². The molecule has 3 rings (SSSR count). The van der Waals surface area contributed by atoms with Crippen LogP contribution < -0.4 is 10.5 Å². The Labute approximate surface area is 131 Å². The molecule has 21 heavy (non-hydrogen) atoms. The van der Waals surface area contributed by atoms with Gasteiger partial charge in [-0.15, -0.1) is 0 Å². The molecule has 0 bridgehead atoms. The fourth-order valence-electron chi connectivity index (χ4n) is 2.20. The monoisotopic (exact) mass is 342 g/mol. The first kappa shape index (κ1) is 14.0. The second-order valence-corrected chi connectivity index (χ2v) is 5.73. The van der Waals surface area contributed by atoms with Crippen LogP contribution in [0.15, 0.2) is 53.0 Å². The van der Waals surface area contributed by atoms with Crippen molar-refractivity contribution >= 4 is 26.7 Å². The van der Waals surface area contributed by atoms with Crippen LogP contribution in [-0.4, -0.2) is 4.98 Å². The molecule has 2 aromatic carbocycles. The van der Waals surface area contributed by atoms with Gasteiger partial charge in [0.05, 0.1) is 10.2 Å². The van der Waals surface area contributed by atoms with Crippen molar-refractivity contribution in [3.05, 3.63) is 64.3 Å². The predicted octanol–water partition coefficient (Wildman–Crippen LogP) is 4.56. The summed E-state index contributed by atoms with van der Waals surface area (Å²) in [7, 11) is 0. The maximum atomic E-state index is 6.01. The number of nitrogens with two attached hydrogens (primary N) is 1. The molecule has 0 amide bonds. The van der Waals surface area contributed by atoms with Gasteiger partial charge in [0.2, 0.25) is 5.88 Å². The predicted molar refractivity (Wildman–Crippen MR) is 88.6 cm³/mol. The molecule has 0 saturated carbocycles. The SMILES string of the molecule is Cc1ccc(Oc2nc(CN)cc3ccccc23)c(Br)c1. The largest absolute Gasteiger partial charge is 0.437 e. The Balaban J connectivity index is 2.10. The standard InChI is InChI=1S/C17H15BrN2O/c1-11-6-7-16(15(18)8-11)21-17-14-5-3-2-4-12(14)9-13(10-19)20-17/h2-9H,10,19H2,1H3. The Bertz CT molecular complexity index is 802. The number of aryl methyl sites for hydroxylation is 1. The van der Waals surface area contributed by atoms with Crippen LogP contribution in [-0.2, 0) is 6.54 Å². The Morgan fingerprint density at radius 1 is 1.14 bits per heavy atom. The maximum absolute atomic E-state index is 6.01. The quantitative estimate of drug-likeness (QED) is 0.759. The van der Waals surface area contributed by atoms with Crippen LogP contribution in [0.25, 0.3) is 10.8 Å². The third-order valence-corrected chi connectivity index (χ3v) is 3.88. The van der Waals surface area contributed by atoms with Crippen molar-refractivity contribution in [1.29, 1.82) is 0 Å². The minimum atomic E-state index is 0.385. The highest BCUT2D eigenvalue weighted by Gasteiger charge is 2.09. The lowest BCUT2D eigenvalue weighted by molar-refractivity contribution is 0.464. The molecule has 106 valence electrons.